The summed E-state index contributed by atoms with van der Waals surface area (Å²) in [5.41, 5.74) is 1.09. The topological polar surface area (TPSA) is 60.3 Å². The Bertz CT molecular complexity index is 899. The maximum atomic E-state index is 12.3. The first kappa shape index (κ1) is 15.6. The fourth-order valence-corrected chi connectivity index (χ4v) is 3.50. The Balaban J connectivity index is 1.67. The molecule has 0 saturated heterocycles. The first-order valence-electron chi connectivity index (χ1n) is 7.28. The molecule has 0 amide bonds. The summed E-state index contributed by atoms with van der Waals surface area (Å²) in [5.74, 6) is 0.628. The van der Waals surface area contributed by atoms with Crippen LogP contribution in [0.1, 0.15) is 0 Å². The van der Waals surface area contributed by atoms with Gasteiger partial charge >= 0.3 is 0 Å². The Morgan fingerprint density at radius 3 is 2.52 bits per heavy atom. The van der Waals surface area contributed by atoms with Crippen LogP contribution in [0.2, 0.25) is 0 Å². The molecule has 0 bridgehead atoms. The van der Waals surface area contributed by atoms with Crippen LogP contribution in [-0.2, 0) is 16.6 Å². The van der Waals surface area contributed by atoms with E-state index in [1.54, 1.807) is 19.2 Å². The van der Waals surface area contributed by atoms with Gasteiger partial charge in [-0.1, -0.05) is 18.2 Å². The zero-order chi connectivity index (χ0) is 16.3. The third kappa shape index (κ3) is 3.38. The van der Waals surface area contributed by atoms with Crippen LogP contribution < -0.4 is 9.46 Å². The number of ether oxygens (including phenoxy) is 1. The average molecular weight is 330 g/mol. The summed E-state index contributed by atoms with van der Waals surface area (Å²) in [6, 6.07) is 16.4. The van der Waals surface area contributed by atoms with Crippen LogP contribution in [0.5, 0.6) is 5.75 Å². The van der Waals surface area contributed by atoms with Gasteiger partial charge < -0.3 is 9.30 Å². The second kappa shape index (κ2) is 6.44. The predicted molar refractivity (Wildman–Crippen MR) is 90.1 cm³/mol. The van der Waals surface area contributed by atoms with Gasteiger partial charge in [0.15, 0.2) is 0 Å². The lowest BCUT2D eigenvalue weighted by molar-refractivity contribution is 0.414. The summed E-state index contributed by atoms with van der Waals surface area (Å²) in [6.07, 6.45) is 1.96. The van der Waals surface area contributed by atoms with E-state index in [1.807, 2.05) is 41.1 Å². The minimum atomic E-state index is -3.51. The van der Waals surface area contributed by atoms with Gasteiger partial charge in [0.05, 0.1) is 12.0 Å². The van der Waals surface area contributed by atoms with Crippen LogP contribution in [-0.4, -0.2) is 26.6 Å². The van der Waals surface area contributed by atoms with Gasteiger partial charge in [-0.3, -0.25) is 0 Å². The first-order valence-corrected chi connectivity index (χ1v) is 8.76. The predicted octanol–water partition coefficient (Wildman–Crippen LogP) is 2.63. The third-order valence-electron chi connectivity index (χ3n) is 3.69. The minimum absolute atomic E-state index is 0.232. The number of methoxy groups -OCH3 is 1. The largest absolute Gasteiger partial charge is 0.497 e. The molecule has 0 aliphatic heterocycles. The molecule has 0 unspecified atom stereocenters. The molecule has 6 heteroatoms. The van der Waals surface area contributed by atoms with E-state index in [0.29, 0.717) is 18.8 Å². The molecule has 3 rings (SSSR count). The Kier molecular flexibility index (Phi) is 4.36. The molecule has 0 aliphatic carbocycles. The Morgan fingerprint density at radius 1 is 1.04 bits per heavy atom. The standard InChI is InChI=1S/C17H18N2O3S/c1-22-15-6-8-16(9-7-15)23(20,21)18-11-13-19-12-10-14-4-2-3-5-17(14)19/h2-10,12,18H,11,13H2,1H3. The lowest BCUT2D eigenvalue weighted by atomic mass is 10.2. The summed E-state index contributed by atoms with van der Waals surface area (Å²) < 4.78 is 34.2. The van der Waals surface area contributed by atoms with Crippen molar-refractivity contribution in [3.05, 3.63) is 60.8 Å². The summed E-state index contributed by atoms with van der Waals surface area (Å²) >= 11 is 0. The zero-order valence-electron chi connectivity index (χ0n) is 12.8. The quantitative estimate of drug-likeness (QED) is 0.756. The second-order valence-electron chi connectivity index (χ2n) is 5.14. The number of benzene rings is 2. The van der Waals surface area contributed by atoms with Crippen molar-refractivity contribution >= 4 is 20.9 Å². The number of rotatable bonds is 6. The fourth-order valence-electron chi connectivity index (χ4n) is 2.47. The molecule has 1 heterocycles. The second-order valence-corrected chi connectivity index (χ2v) is 6.91. The summed E-state index contributed by atoms with van der Waals surface area (Å²) in [6.45, 7) is 0.899. The molecular formula is C17H18N2O3S. The van der Waals surface area contributed by atoms with Gasteiger partial charge in [0.25, 0.3) is 0 Å². The molecule has 2 aromatic carbocycles. The van der Waals surface area contributed by atoms with Crippen LogP contribution >= 0.6 is 0 Å². The molecule has 5 nitrogen and oxygen atoms in total. The van der Waals surface area contributed by atoms with Gasteiger partial charge in [-0.15, -0.1) is 0 Å². The van der Waals surface area contributed by atoms with E-state index < -0.39 is 10.0 Å². The average Bonchev–Trinajstić information content (AvgIpc) is 2.98. The van der Waals surface area contributed by atoms with E-state index in [1.165, 1.54) is 12.1 Å². The van der Waals surface area contributed by atoms with Crippen molar-refractivity contribution in [3.63, 3.8) is 0 Å². The Hall–Kier alpha value is -2.31. The molecule has 0 fully saturated rings. The third-order valence-corrected chi connectivity index (χ3v) is 5.17. The van der Waals surface area contributed by atoms with Crippen molar-refractivity contribution < 1.29 is 13.2 Å². The van der Waals surface area contributed by atoms with Crippen LogP contribution in [0, 0.1) is 0 Å². The Labute approximate surface area is 135 Å². The van der Waals surface area contributed by atoms with Crippen molar-refractivity contribution in [2.75, 3.05) is 13.7 Å². The molecule has 0 saturated carbocycles. The van der Waals surface area contributed by atoms with Crippen LogP contribution in [0.4, 0.5) is 0 Å². The Morgan fingerprint density at radius 2 is 1.78 bits per heavy atom. The maximum Gasteiger partial charge on any atom is 0.240 e. The molecule has 1 N–H and O–H groups in total. The van der Waals surface area contributed by atoms with Gasteiger partial charge in [0, 0.05) is 24.8 Å². The molecule has 0 aliphatic rings. The lowest BCUT2D eigenvalue weighted by Gasteiger charge is -2.09. The van der Waals surface area contributed by atoms with E-state index in [-0.39, 0.29) is 4.90 Å². The number of hydrogen-bond acceptors (Lipinski definition) is 3. The first-order chi connectivity index (χ1) is 11.1. The number of nitrogens with zero attached hydrogens (tertiary/aromatic N) is 1. The number of nitrogens with one attached hydrogen (secondary N) is 1. The van der Waals surface area contributed by atoms with E-state index >= 15 is 0 Å². The maximum absolute atomic E-state index is 12.3. The van der Waals surface area contributed by atoms with Gasteiger partial charge in [-0.05, 0) is 41.8 Å². The molecule has 1 aromatic heterocycles. The number of aromatic nitrogens is 1. The monoisotopic (exact) mass is 330 g/mol. The number of fused-ring (bicyclic) bond motifs is 1. The lowest BCUT2D eigenvalue weighted by Crippen LogP contribution is -2.27. The molecular weight excluding hydrogens is 312 g/mol. The zero-order valence-corrected chi connectivity index (χ0v) is 13.6. The summed E-state index contributed by atoms with van der Waals surface area (Å²) in [4.78, 5) is 0.232. The van der Waals surface area contributed by atoms with Gasteiger partial charge in [-0.25, -0.2) is 13.1 Å². The molecule has 120 valence electrons. The van der Waals surface area contributed by atoms with E-state index in [4.69, 9.17) is 4.74 Å². The van der Waals surface area contributed by atoms with Crippen LogP contribution in [0.3, 0.4) is 0 Å². The number of para-hydroxylation sites is 1. The molecule has 0 atom stereocenters. The van der Waals surface area contributed by atoms with Gasteiger partial charge in [0.1, 0.15) is 5.75 Å². The van der Waals surface area contributed by atoms with E-state index in [2.05, 4.69) is 4.72 Å². The van der Waals surface area contributed by atoms with Crippen molar-refractivity contribution in [1.82, 2.24) is 9.29 Å². The number of sulfonamides is 1. The highest BCUT2D eigenvalue weighted by Gasteiger charge is 2.13. The van der Waals surface area contributed by atoms with Crippen molar-refractivity contribution in [3.8, 4) is 5.75 Å². The van der Waals surface area contributed by atoms with Crippen molar-refractivity contribution in [1.29, 1.82) is 0 Å². The van der Waals surface area contributed by atoms with Crippen LogP contribution in [0.15, 0.2) is 65.7 Å². The van der Waals surface area contributed by atoms with Crippen molar-refractivity contribution in [2.24, 2.45) is 0 Å². The van der Waals surface area contributed by atoms with Crippen molar-refractivity contribution in [2.45, 2.75) is 11.4 Å². The van der Waals surface area contributed by atoms with E-state index in [9.17, 15) is 8.42 Å². The fraction of sp³-hybridized carbons (Fsp3) is 0.176. The van der Waals surface area contributed by atoms with Crippen LogP contribution in [0.25, 0.3) is 10.9 Å². The smallest absolute Gasteiger partial charge is 0.240 e. The van der Waals surface area contributed by atoms with Gasteiger partial charge in [-0.2, -0.15) is 0 Å². The van der Waals surface area contributed by atoms with E-state index in [0.717, 1.165) is 10.9 Å². The highest BCUT2D eigenvalue weighted by atomic mass is 32.2. The highest BCUT2D eigenvalue weighted by molar-refractivity contribution is 7.89. The molecule has 0 radical (unpaired) electrons. The highest BCUT2D eigenvalue weighted by Crippen LogP contribution is 2.16. The number of hydrogen-bond donors (Lipinski definition) is 1. The van der Waals surface area contributed by atoms with Gasteiger partial charge in [0.2, 0.25) is 10.0 Å². The summed E-state index contributed by atoms with van der Waals surface area (Å²) in [5, 5.41) is 1.14. The SMILES string of the molecule is COc1ccc(S(=O)(=O)NCCn2ccc3ccccc32)cc1. The normalized spacial score (nSPS) is 11.7. The molecule has 3 aromatic rings. The molecule has 23 heavy (non-hydrogen) atoms. The molecule has 0 spiro atoms. The minimum Gasteiger partial charge on any atom is -0.497 e. The summed E-state index contributed by atoms with van der Waals surface area (Å²) in [7, 11) is -1.97.